The lowest BCUT2D eigenvalue weighted by Crippen LogP contribution is -2.29. The molecule has 2 heteroatoms. The Bertz CT molecular complexity index is 4140. The summed E-state index contributed by atoms with van der Waals surface area (Å²) in [5, 5.41) is 4.98. The van der Waals surface area contributed by atoms with Crippen LogP contribution >= 0.6 is 0 Å². The molecule has 1 aliphatic rings. The number of rotatable bonds is 11. The van der Waals surface area contributed by atoms with Gasteiger partial charge in [0.1, 0.15) is 0 Å². The quantitative estimate of drug-likeness (QED) is 0.119. The smallest absolute Gasteiger partial charge is 0.0715 e. The Morgan fingerprint density at radius 1 is 0.208 bits per heavy atom. The molecular weight excluding hydrogens is 929 g/mol. The van der Waals surface area contributed by atoms with E-state index in [1.54, 1.807) is 0 Å². The zero-order valence-electron chi connectivity index (χ0n) is 42.4. The second kappa shape index (κ2) is 19.4. The molecule has 0 spiro atoms. The fourth-order valence-corrected chi connectivity index (χ4v) is 12.4. The van der Waals surface area contributed by atoms with E-state index in [0.29, 0.717) is 0 Å². The molecule has 0 atom stereocenters. The summed E-state index contributed by atoms with van der Waals surface area (Å²) in [6.45, 7) is 0. The second-order valence-corrected chi connectivity index (χ2v) is 20.0. The molecule has 0 bridgehead atoms. The van der Waals surface area contributed by atoms with Crippen LogP contribution in [0.4, 0.5) is 34.1 Å². The lowest BCUT2D eigenvalue weighted by atomic mass is 9.67. The van der Waals surface area contributed by atoms with Gasteiger partial charge in [0.05, 0.1) is 5.41 Å². The van der Waals surface area contributed by atoms with Gasteiger partial charge in [0.25, 0.3) is 0 Å². The maximum atomic E-state index is 2.46. The summed E-state index contributed by atoms with van der Waals surface area (Å²) in [6, 6.07) is 116. The van der Waals surface area contributed by atoms with Gasteiger partial charge < -0.3 is 9.80 Å². The molecule has 0 N–H and O–H groups in total. The maximum absolute atomic E-state index is 2.46. The van der Waals surface area contributed by atoms with Crippen LogP contribution in [-0.2, 0) is 5.41 Å². The van der Waals surface area contributed by atoms with Crippen LogP contribution in [0.15, 0.2) is 315 Å². The first kappa shape index (κ1) is 45.6. The average molecular weight is 981 g/mol. The zero-order chi connectivity index (χ0) is 51.1. The van der Waals surface area contributed by atoms with Crippen LogP contribution < -0.4 is 9.80 Å². The molecule has 362 valence electrons. The maximum Gasteiger partial charge on any atom is 0.0715 e. The third kappa shape index (κ3) is 7.81. The van der Waals surface area contributed by atoms with Gasteiger partial charge in [-0.15, -0.1) is 0 Å². The molecular formula is C75H52N2. The fourth-order valence-electron chi connectivity index (χ4n) is 12.4. The predicted octanol–water partition coefficient (Wildman–Crippen LogP) is 20.3. The van der Waals surface area contributed by atoms with Crippen molar-refractivity contribution in [3.05, 3.63) is 338 Å². The van der Waals surface area contributed by atoms with Gasteiger partial charge in [-0.05, 0) is 167 Å². The molecule has 77 heavy (non-hydrogen) atoms. The van der Waals surface area contributed by atoms with Crippen molar-refractivity contribution < 1.29 is 0 Å². The monoisotopic (exact) mass is 980 g/mol. The van der Waals surface area contributed by atoms with E-state index in [1.165, 1.54) is 82.7 Å². The highest BCUT2D eigenvalue weighted by Gasteiger charge is 2.47. The van der Waals surface area contributed by atoms with Crippen LogP contribution in [0.5, 0.6) is 0 Å². The van der Waals surface area contributed by atoms with Crippen LogP contribution in [-0.4, -0.2) is 0 Å². The van der Waals surface area contributed by atoms with Crippen molar-refractivity contribution in [2.24, 2.45) is 0 Å². The molecule has 0 aliphatic heterocycles. The summed E-state index contributed by atoms with van der Waals surface area (Å²) < 4.78 is 0. The van der Waals surface area contributed by atoms with Gasteiger partial charge in [-0.25, -0.2) is 0 Å². The summed E-state index contributed by atoms with van der Waals surface area (Å²) in [5.41, 5.74) is 20.6. The Balaban J connectivity index is 0.931. The van der Waals surface area contributed by atoms with E-state index in [4.69, 9.17) is 0 Å². The fraction of sp³-hybridized carbons (Fsp3) is 0.0133. The zero-order valence-corrected chi connectivity index (χ0v) is 42.4. The first-order valence-electron chi connectivity index (χ1n) is 26.6. The lowest BCUT2D eigenvalue weighted by Gasteiger charge is -2.35. The minimum Gasteiger partial charge on any atom is -0.310 e. The highest BCUT2D eigenvalue weighted by Crippen LogP contribution is 2.58. The number of anilines is 6. The van der Waals surface area contributed by atoms with Gasteiger partial charge in [0, 0.05) is 34.1 Å². The number of hydrogen-bond donors (Lipinski definition) is 0. The molecule has 13 aromatic rings. The highest BCUT2D eigenvalue weighted by molar-refractivity contribution is 6.22. The summed E-state index contributed by atoms with van der Waals surface area (Å²) in [4.78, 5) is 4.79. The molecule has 13 aromatic carbocycles. The van der Waals surface area contributed by atoms with E-state index < -0.39 is 5.41 Å². The van der Waals surface area contributed by atoms with Crippen molar-refractivity contribution in [2.45, 2.75) is 5.41 Å². The normalized spacial score (nSPS) is 12.3. The second-order valence-electron chi connectivity index (χ2n) is 20.0. The van der Waals surface area contributed by atoms with E-state index in [1.807, 2.05) is 0 Å². The van der Waals surface area contributed by atoms with Gasteiger partial charge in [0.15, 0.2) is 0 Å². The largest absolute Gasteiger partial charge is 0.310 e. The summed E-state index contributed by atoms with van der Waals surface area (Å²) in [6.07, 6.45) is 0. The van der Waals surface area contributed by atoms with E-state index in [9.17, 15) is 0 Å². The molecule has 0 unspecified atom stereocenters. The Kier molecular flexibility index (Phi) is 11.5. The summed E-state index contributed by atoms with van der Waals surface area (Å²) in [7, 11) is 0. The summed E-state index contributed by atoms with van der Waals surface area (Å²) >= 11 is 0. The first-order chi connectivity index (χ1) is 38.2. The first-order valence-corrected chi connectivity index (χ1v) is 26.6. The molecule has 0 heterocycles. The molecule has 0 radical (unpaired) electrons. The average Bonchev–Trinajstić information content (AvgIpc) is 3.89. The van der Waals surface area contributed by atoms with Crippen LogP contribution in [0.1, 0.15) is 22.3 Å². The number of benzene rings is 13. The third-order valence-corrected chi connectivity index (χ3v) is 15.7. The van der Waals surface area contributed by atoms with Crippen molar-refractivity contribution in [1.82, 2.24) is 0 Å². The summed E-state index contributed by atoms with van der Waals surface area (Å²) in [5.74, 6) is 0. The van der Waals surface area contributed by atoms with Crippen molar-refractivity contribution >= 4 is 55.7 Å². The SMILES string of the molecule is c1ccc(-c2c3ccccc3c(-c3ccccc3)c3cc(-c4ccc(N(c5ccccc5)c5ccc6c(c5)C(c5ccccc5)(c5ccccc5)c5cc(N(c7ccccc7)c7ccccc7)ccc5-6)cc4)ccc23)cc1. The molecule has 0 fully saturated rings. The van der Waals surface area contributed by atoms with Crippen LogP contribution in [0.25, 0.3) is 66.1 Å². The predicted molar refractivity (Wildman–Crippen MR) is 324 cm³/mol. The number of nitrogens with zero attached hydrogens (tertiary/aromatic N) is 2. The number of para-hydroxylation sites is 3. The van der Waals surface area contributed by atoms with Gasteiger partial charge >= 0.3 is 0 Å². The van der Waals surface area contributed by atoms with Crippen molar-refractivity contribution in [3.8, 4) is 44.5 Å². The molecule has 0 saturated carbocycles. The molecule has 2 nitrogen and oxygen atoms in total. The van der Waals surface area contributed by atoms with Gasteiger partial charge in [0.2, 0.25) is 0 Å². The Morgan fingerprint density at radius 3 is 0.961 bits per heavy atom. The van der Waals surface area contributed by atoms with Crippen molar-refractivity contribution in [2.75, 3.05) is 9.80 Å². The standard InChI is InChI=1S/C75H52N2/c1-8-24-54(25-9-1)73-67-38-22-23-39-68(67)74(55-26-10-2-11-27-55)70-50-56(42-47-69(70)73)53-40-43-62(44-41-53)77(61-36-20-7-21-37-61)64-46-49-66-65-48-45-63(76(59-32-16-5-17-33-59)60-34-18-6-19-35-60)51-71(65)75(72(66)52-64,57-28-12-3-13-29-57)58-30-14-4-15-31-58/h1-52H. The number of fused-ring (bicyclic) bond motifs is 5. The van der Waals surface area contributed by atoms with E-state index in [0.717, 1.165) is 39.7 Å². The minimum absolute atomic E-state index is 0.648. The molecule has 0 aromatic heterocycles. The van der Waals surface area contributed by atoms with E-state index in [2.05, 4.69) is 325 Å². The van der Waals surface area contributed by atoms with Crippen molar-refractivity contribution in [3.63, 3.8) is 0 Å². The minimum atomic E-state index is -0.648. The third-order valence-electron chi connectivity index (χ3n) is 15.7. The van der Waals surface area contributed by atoms with Crippen LogP contribution in [0.2, 0.25) is 0 Å². The molecule has 1 aliphatic carbocycles. The van der Waals surface area contributed by atoms with Crippen LogP contribution in [0.3, 0.4) is 0 Å². The van der Waals surface area contributed by atoms with Crippen LogP contribution in [0, 0.1) is 0 Å². The van der Waals surface area contributed by atoms with Crippen molar-refractivity contribution in [1.29, 1.82) is 0 Å². The van der Waals surface area contributed by atoms with E-state index >= 15 is 0 Å². The highest BCUT2D eigenvalue weighted by atomic mass is 15.1. The van der Waals surface area contributed by atoms with Gasteiger partial charge in [-0.1, -0.05) is 237 Å². The Hall–Kier alpha value is -10.0. The molecule has 0 amide bonds. The van der Waals surface area contributed by atoms with Gasteiger partial charge in [-0.3, -0.25) is 0 Å². The van der Waals surface area contributed by atoms with Gasteiger partial charge in [-0.2, -0.15) is 0 Å². The molecule has 14 rings (SSSR count). The molecule has 0 saturated heterocycles. The Morgan fingerprint density at radius 2 is 0.532 bits per heavy atom. The van der Waals surface area contributed by atoms with E-state index in [-0.39, 0.29) is 0 Å². The lowest BCUT2D eigenvalue weighted by molar-refractivity contribution is 0.768. The topological polar surface area (TPSA) is 6.48 Å². The Labute approximate surface area is 450 Å². The number of hydrogen-bond acceptors (Lipinski definition) is 2.